The van der Waals surface area contributed by atoms with Gasteiger partial charge in [0.1, 0.15) is 24.3 Å². The quantitative estimate of drug-likeness (QED) is 0.712. The monoisotopic (exact) mass is 378 g/mol. The highest BCUT2D eigenvalue weighted by atomic mass is 16.6. The highest BCUT2D eigenvalue weighted by Gasteiger charge is 2.29. The van der Waals surface area contributed by atoms with Crippen molar-refractivity contribution in [3.8, 4) is 0 Å². The Bertz CT molecular complexity index is 638. The molecular formula is C20H30N2O5. The second kappa shape index (κ2) is 9.94. The van der Waals surface area contributed by atoms with Crippen molar-refractivity contribution >= 4 is 18.0 Å². The van der Waals surface area contributed by atoms with Crippen LogP contribution in [0, 0.1) is 5.92 Å². The van der Waals surface area contributed by atoms with Crippen LogP contribution in [-0.2, 0) is 25.7 Å². The Morgan fingerprint density at radius 2 is 1.59 bits per heavy atom. The first-order chi connectivity index (χ1) is 12.5. The van der Waals surface area contributed by atoms with Gasteiger partial charge in [0.2, 0.25) is 5.91 Å². The maximum atomic E-state index is 12.4. The lowest BCUT2D eigenvalue weighted by Crippen LogP contribution is -2.53. The van der Waals surface area contributed by atoms with Gasteiger partial charge in [0.25, 0.3) is 0 Å². The summed E-state index contributed by atoms with van der Waals surface area (Å²) in [6.45, 7) is 10.5. The summed E-state index contributed by atoms with van der Waals surface area (Å²) < 4.78 is 10.4. The molecule has 0 radical (unpaired) electrons. The van der Waals surface area contributed by atoms with Crippen LogP contribution >= 0.6 is 0 Å². The van der Waals surface area contributed by atoms with Gasteiger partial charge in [-0.25, -0.2) is 9.59 Å². The predicted octanol–water partition coefficient (Wildman–Crippen LogP) is 2.78. The van der Waals surface area contributed by atoms with E-state index in [2.05, 4.69) is 10.6 Å². The van der Waals surface area contributed by atoms with E-state index in [1.54, 1.807) is 34.6 Å². The first kappa shape index (κ1) is 22.5. The first-order valence-corrected chi connectivity index (χ1v) is 9.00. The fourth-order valence-corrected chi connectivity index (χ4v) is 2.14. The van der Waals surface area contributed by atoms with Crippen LogP contribution in [0.15, 0.2) is 30.3 Å². The number of nitrogens with one attached hydrogen (secondary N) is 2. The Morgan fingerprint density at radius 1 is 1.00 bits per heavy atom. The summed E-state index contributed by atoms with van der Waals surface area (Å²) in [6, 6.07) is 7.62. The first-order valence-electron chi connectivity index (χ1n) is 9.00. The van der Waals surface area contributed by atoms with E-state index in [0.29, 0.717) is 0 Å². The number of rotatable bonds is 7. The minimum absolute atomic E-state index is 0.129. The smallest absolute Gasteiger partial charge is 0.408 e. The highest BCUT2D eigenvalue weighted by Crippen LogP contribution is 2.09. The van der Waals surface area contributed by atoms with Gasteiger partial charge in [0, 0.05) is 0 Å². The molecule has 0 unspecified atom stereocenters. The Morgan fingerprint density at radius 3 is 2.11 bits per heavy atom. The maximum Gasteiger partial charge on any atom is 0.408 e. The van der Waals surface area contributed by atoms with E-state index in [4.69, 9.17) is 9.47 Å². The van der Waals surface area contributed by atoms with Crippen LogP contribution in [0.3, 0.4) is 0 Å². The van der Waals surface area contributed by atoms with E-state index in [0.717, 1.165) is 5.56 Å². The van der Waals surface area contributed by atoms with Gasteiger partial charge >= 0.3 is 12.1 Å². The van der Waals surface area contributed by atoms with Gasteiger partial charge in [-0.1, -0.05) is 44.2 Å². The number of benzene rings is 1. The molecule has 0 aliphatic heterocycles. The molecular weight excluding hydrogens is 348 g/mol. The molecule has 0 aliphatic rings. The van der Waals surface area contributed by atoms with Gasteiger partial charge in [-0.15, -0.1) is 0 Å². The molecule has 0 saturated carbocycles. The maximum absolute atomic E-state index is 12.4. The van der Waals surface area contributed by atoms with Crippen molar-refractivity contribution in [2.45, 2.75) is 65.8 Å². The zero-order valence-corrected chi connectivity index (χ0v) is 16.9. The molecule has 1 aromatic rings. The van der Waals surface area contributed by atoms with Gasteiger partial charge < -0.3 is 20.1 Å². The number of hydrogen-bond donors (Lipinski definition) is 2. The minimum Gasteiger partial charge on any atom is -0.459 e. The molecule has 2 N–H and O–H groups in total. The normalized spacial score (nSPS) is 13.4. The summed E-state index contributed by atoms with van der Waals surface area (Å²) in [4.78, 5) is 36.5. The molecule has 0 aliphatic carbocycles. The lowest BCUT2D eigenvalue weighted by Gasteiger charge is -2.24. The Balaban J connectivity index is 2.60. The van der Waals surface area contributed by atoms with Crippen LogP contribution in [0.25, 0.3) is 0 Å². The molecule has 7 heteroatoms. The lowest BCUT2D eigenvalue weighted by atomic mass is 10.0. The van der Waals surface area contributed by atoms with Gasteiger partial charge in [0.05, 0.1) is 0 Å². The average Bonchev–Trinajstić information content (AvgIpc) is 2.56. The van der Waals surface area contributed by atoms with Crippen molar-refractivity contribution in [3.05, 3.63) is 35.9 Å². The van der Waals surface area contributed by atoms with E-state index in [1.165, 1.54) is 6.92 Å². The summed E-state index contributed by atoms with van der Waals surface area (Å²) in [7, 11) is 0. The Kier molecular flexibility index (Phi) is 8.28. The van der Waals surface area contributed by atoms with Gasteiger partial charge in [0.15, 0.2) is 0 Å². The van der Waals surface area contributed by atoms with Crippen LogP contribution in [0.1, 0.15) is 47.1 Å². The fraction of sp³-hybridized carbons (Fsp3) is 0.550. The molecule has 0 aromatic heterocycles. The molecule has 7 nitrogen and oxygen atoms in total. The lowest BCUT2D eigenvalue weighted by molar-refractivity contribution is -0.150. The van der Waals surface area contributed by atoms with E-state index in [-0.39, 0.29) is 12.5 Å². The molecule has 1 rings (SSSR count). The van der Waals surface area contributed by atoms with Gasteiger partial charge in [-0.2, -0.15) is 0 Å². The number of esters is 1. The number of carbonyl (C=O) groups excluding carboxylic acids is 3. The van der Waals surface area contributed by atoms with Crippen LogP contribution in [-0.4, -0.2) is 35.7 Å². The largest absolute Gasteiger partial charge is 0.459 e. The van der Waals surface area contributed by atoms with E-state index in [9.17, 15) is 14.4 Å². The van der Waals surface area contributed by atoms with Gasteiger partial charge in [-0.3, -0.25) is 4.79 Å². The third-order valence-corrected chi connectivity index (χ3v) is 3.57. The minimum atomic E-state index is -0.858. The second-order valence-corrected chi connectivity index (χ2v) is 7.69. The Labute approximate surface area is 160 Å². The van der Waals surface area contributed by atoms with E-state index >= 15 is 0 Å². The van der Waals surface area contributed by atoms with Crippen LogP contribution in [0.5, 0.6) is 0 Å². The fourth-order valence-electron chi connectivity index (χ4n) is 2.14. The molecule has 0 heterocycles. The molecule has 2 atom stereocenters. The predicted molar refractivity (Wildman–Crippen MR) is 102 cm³/mol. The van der Waals surface area contributed by atoms with Crippen molar-refractivity contribution in [1.29, 1.82) is 0 Å². The summed E-state index contributed by atoms with van der Waals surface area (Å²) in [5.41, 5.74) is 0.196. The van der Waals surface area contributed by atoms with Crippen LogP contribution in [0.2, 0.25) is 0 Å². The zero-order valence-electron chi connectivity index (χ0n) is 16.9. The van der Waals surface area contributed by atoms with Crippen LogP contribution < -0.4 is 10.6 Å². The number of amides is 2. The second-order valence-electron chi connectivity index (χ2n) is 7.69. The van der Waals surface area contributed by atoms with E-state index in [1.807, 2.05) is 30.3 Å². The number of alkyl carbamates (subject to hydrolysis) is 1. The zero-order chi connectivity index (χ0) is 20.6. The molecule has 27 heavy (non-hydrogen) atoms. The standard InChI is InChI=1S/C20H30N2O5/c1-13(2)16(18(24)26-12-15-10-8-7-9-11-15)22-17(23)14(3)21-19(25)27-20(4,5)6/h7-11,13-14,16H,12H2,1-6H3,(H,21,25)(H,22,23)/t14-,16-/m0/s1. The van der Waals surface area contributed by atoms with Crippen molar-refractivity contribution in [1.82, 2.24) is 10.6 Å². The van der Waals surface area contributed by atoms with Crippen LogP contribution in [0.4, 0.5) is 4.79 Å². The number of hydrogen-bond acceptors (Lipinski definition) is 5. The Hall–Kier alpha value is -2.57. The number of carbonyl (C=O) groups is 3. The summed E-state index contributed by atoms with van der Waals surface area (Å²) in [5, 5.41) is 5.09. The molecule has 1 aromatic carbocycles. The summed E-state index contributed by atoms with van der Waals surface area (Å²) >= 11 is 0. The number of ether oxygens (including phenoxy) is 2. The molecule has 0 fully saturated rings. The van der Waals surface area contributed by atoms with Crippen molar-refractivity contribution in [3.63, 3.8) is 0 Å². The highest BCUT2D eigenvalue weighted by molar-refractivity contribution is 5.89. The molecule has 0 spiro atoms. The SMILES string of the molecule is CC(C)[C@H](NC(=O)[C@H](C)NC(=O)OC(C)(C)C)C(=O)OCc1ccccc1. The van der Waals surface area contributed by atoms with Crippen molar-refractivity contribution in [2.75, 3.05) is 0 Å². The average molecular weight is 378 g/mol. The van der Waals surface area contributed by atoms with E-state index < -0.39 is 35.7 Å². The third kappa shape index (κ3) is 8.57. The van der Waals surface area contributed by atoms with Crippen molar-refractivity contribution < 1.29 is 23.9 Å². The topological polar surface area (TPSA) is 93.7 Å². The summed E-state index contributed by atoms with van der Waals surface area (Å²) in [5.74, 6) is -1.19. The summed E-state index contributed by atoms with van der Waals surface area (Å²) in [6.07, 6.45) is -0.696. The van der Waals surface area contributed by atoms with Gasteiger partial charge in [-0.05, 0) is 39.2 Å². The molecule has 2 amide bonds. The molecule has 0 saturated heterocycles. The molecule has 0 bridgehead atoms. The third-order valence-electron chi connectivity index (χ3n) is 3.57. The van der Waals surface area contributed by atoms with Crippen molar-refractivity contribution in [2.24, 2.45) is 5.92 Å². The molecule has 150 valence electrons.